The molecule has 0 unspecified atom stereocenters. The van der Waals surface area contributed by atoms with Gasteiger partial charge in [0, 0.05) is 10.7 Å². The Morgan fingerprint density at radius 1 is 1.20 bits per heavy atom. The van der Waals surface area contributed by atoms with E-state index in [1.54, 1.807) is 18.3 Å². The summed E-state index contributed by atoms with van der Waals surface area (Å²) in [6.45, 7) is 2.04. The lowest BCUT2D eigenvalue weighted by Gasteiger charge is -2.06. The van der Waals surface area contributed by atoms with E-state index in [0.29, 0.717) is 10.1 Å². The Kier molecular flexibility index (Phi) is 5.09. The van der Waals surface area contributed by atoms with Crippen LogP contribution >= 0.6 is 23.8 Å². The lowest BCUT2D eigenvalue weighted by atomic mass is 10.2. The molecule has 0 heterocycles. The molecular weight excluding hydrogens is 290 g/mol. The minimum atomic E-state index is 0.413. The fourth-order valence-corrected chi connectivity index (χ4v) is 1.90. The van der Waals surface area contributed by atoms with Crippen molar-refractivity contribution < 1.29 is 0 Å². The van der Waals surface area contributed by atoms with Crippen molar-refractivity contribution in [3.63, 3.8) is 0 Å². The Morgan fingerprint density at radius 3 is 2.65 bits per heavy atom. The van der Waals surface area contributed by atoms with E-state index < -0.39 is 0 Å². The van der Waals surface area contributed by atoms with E-state index in [1.165, 1.54) is 5.56 Å². The van der Waals surface area contributed by atoms with Crippen LogP contribution in [0.15, 0.2) is 53.6 Å². The molecule has 2 N–H and O–H groups in total. The topological polar surface area (TPSA) is 36.4 Å². The van der Waals surface area contributed by atoms with Crippen LogP contribution in [0.25, 0.3) is 0 Å². The van der Waals surface area contributed by atoms with Crippen molar-refractivity contribution in [3.05, 3.63) is 64.7 Å². The van der Waals surface area contributed by atoms with Gasteiger partial charge >= 0.3 is 0 Å². The summed E-state index contributed by atoms with van der Waals surface area (Å²) in [5.74, 6) is 0. The SMILES string of the molecule is Cc1ccc(C=NNC(=S)Nc2cccc(Cl)c2)cc1. The third kappa shape index (κ3) is 4.64. The highest BCUT2D eigenvalue weighted by Crippen LogP contribution is 2.14. The zero-order valence-corrected chi connectivity index (χ0v) is 12.5. The van der Waals surface area contributed by atoms with Crippen LogP contribution in [-0.4, -0.2) is 11.3 Å². The fraction of sp³-hybridized carbons (Fsp3) is 0.0667. The van der Waals surface area contributed by atoms with Gasteiger partial charge in [-0.05, 0) is 42.9 Å². The minimum Gasteiger partial charge on any atom is -0.331 e. The van der Waals surface area contributed by atoms with Crippen LogP contribution in [0.4, 0.5) is 5.69 Å². The van der Waals surface area contributed by atoms with Gasteiger partial charge in [0.15, 0.2) is 5.11 Å². The number of anilines is 1. The van der Waals surface area contributed by atoms with Crippen LogP contribution in [0.2, 0.25) is 5.02 Å². The summed E-state index contributed by atoms with van der Waals surface area (Å²) in [5, 5.41) is 8.14. The molecule has 2 aromatic rings. The highest BCUT2D eigenvalue weighted by atomic mass is 35.5. The number of nitrogens with zero attached hydrogens (tertiary/aromatic N) is 1. The number of rotatable bonds is 3. The second kappa shape index (κ2) is 7.03. The molecule has 102 valence electrons. The predicted octanol–water partition coefficient (Wildman–Crippen LogP) is 3.97. The van der Waals surface area contributed by atoms with Gasteiger partial charge in [-0.3, -0.25) is 5.43 Å². The molecule has 2 aromatic carbocycles. The number of hydrogen-bond donors (Lipinski definition) is 2. The van der Waals surface area contributed by atoms with E-state index in [9.17, 15) is 0 Å². The lowest BCUT2D eigenvalue weighted by Crippen LogP contribution is -2.23. The van der Waals surface area contributed by atoms with Gasteiger partial charge in [-0.25, -0.2) is 0 Å². The summed E-state index contributed by atoms with van der Waals surface area (Å²) in [5.41, 5.74) is 5.80. The summed E-state index contributed by atoms with van der Waals surface area (Å²) in [6, 6.07) is 15.4. The number of benzene rings is 2. The molecule has 0 spiro atoms. The maximum absolute atomic E-state index is 5.89. The summed E-state index contributed by atoms with van der Waals surface area (Å²) < 4.78 is 0. The Labute approximate surface area is 128 Å². The molecule has 2 rings (SSSR count). The van der Waals surface area contributed by atoms with Gasteiger partial charge in [0.25, 0.3) is 0 Å². The highest BCUT2D eigenvalue weighted by molar-refractivity contribution is 7.80. The first-order valence-electron chi connectivity index (χ1n) is 6.06. The van der Waals surface area contributed by atoms with Gasteiger partial charge in [-0.2, -0.15) is 5.10 Å². The highest BCUT2D eigenvalue weighted by Gasteiger charge is 1.96. The quantitative estimate of drug-likeness (QED) is 0.512. The molecule has 5 heteroatoms. The van der Waals surface area contributed by atoms with Crippen molar-refractivity contribution in [2.45, 2.75) is 6.92 Å². The molecule has 0 aliphatic heterocycles. The van der Waals surface area contributed by atoms with Crippen molar-refractivity contribution in [3.8, 4) is 0 Å². The van der Waals surface area contributed by atoms with E-state index >= 15 is 0 Å². The fourth-order valence-electron chi connectivity index (χ4n) is 1.54. The van der Waals surface area contributed by atoms with Crippen LogP contribution in [-0.2, 0) is 0 Å². The van der Waals surface area contributed by atoms with Crippen molar-refractivity contribution in [1.29, 1.82) is 0 Å². The molecule has 0 amide bonds. The smallest absolute Gasteiger partial charge is 0.191 e. The molecule has 0 saturated carbocycles. The van der Waals surface area contributed by atoms with Gasteiger partial charge < -0.3 is 5.32 Å². The van der Waals surface area contributed by atoms with E-state index in [1.807, 2.05) is 43.3 Å². The molecular formula is C15H14ClN3S. The minimum absolute atomic E-state index is 0.413. The molecule has 20 heavy (non-hydrogen) atoms. The van der Waals surface area contributed by atoms with Crippen molar-refractivity contribution in [2.24, 2.45) is 5.10 Å². The molecule has 0 atom stereocenters. The van der Waals surface area contributed by atoms with Crippen molar-refractivity contribution in [1.82, 2.24) is 5.43 Å². The number of nitrogens with one attached hydrogen (secondary N) is 2. The number of halogens is 1. The van der Waals surface area contributed by atoms with Gasteiger partial charge in [-0.1, -0.05) is 47.5 Å². The maximum atomic E-state index is 5.89. The van der Waals surface area contributed by atoms with E-state index in [0.717, 1.165) is 11.3 Å². The van der Waals surface area contributed by atoms with Crippen LogP contribution in [0.3, 0.4) is 0 Å². The molecule has 0 radical (unpaired) electrons. The second-order valence-corrected chi connectivity index (χ2v) is 5.09. The Bertz CT molecular complexity index is 623. The van der Waals surface area contributed by atoms with Gasteiger partial charge in [-0.15, -0.1) is 0 Å². The van der Waals surface area contributed by atoms with Crippen molar-refractivity contribution >= 4 is 40.8 Å². The Hall–Kier alpha value is -1.91. The molecule has 0 saturated heterocycles. The van der Waals surface area contributed by atoms with Crippen LogP contribution in [0.5, 0.6) is 0 Å². The molecule has 0 fully saturated rings. The van der Waals surface area contributed by atoms with Crippen LogP contribution in [0.1, 0.15) is 11.1 Å². The number of thiocarbonyl (C=S) groups is 1. The monoisotopic (exact) mass is 303 g/mol. The maximum Gasteiger partial charge on any atom is 0.191 e. The van der Waals surface area contributed by atoms with E-state index in [-0.39, 0.29) is 0 Å². The zero-order valence-electron chi connectivity index (χ0n) is 10.9. The number of hydrogen-bond acceptors (Lipinski definition) is 2. The normalized spacial score (nSPS) is 10.5. The number of hydrazone groups is 1. The molecule has 3 nitrogen and oxygen atoms in total. The van der Waals surface area contributed by atoms with Gasteiger partial charge in [0.05, 0.1) is 6.21 Å². The molecule has 0 aromatic heterocycles. The third-order valence-electron chi connectivity index (χ3n) is 2.54. The van der Waals surface area contributed by atoms with Gasteiger partial charge in [0.1, 0.15) is 0 Å². The zero-order chi connectivity index (χ0) is 14.4. The van der Waals surface area contributed by atoms with Gasteiger partial charge in [0.2, 0.25) is 0 Å². The summed E-state index contributed by atoms with van der Waals surface area (Å²) in [7, 11) is 0. The second-order valence-electron chi connectivity index (χ2n) is 4.25. The summed E-state index contributed by atoms with van der Waals surface area (Å²) in [6.07, 6.45) is 1.71. The molecule has 0 aliphatic rings. The Balaban J connectivity index is 1.87. The van der Waals surface area contributed by atoms with Crippen LogP contribution in [0, 0.1) is 6.92 Å². The first-order chi connectivity index (χ1) is 9.63. The molecule has 0 bridgehead atoms. The predicted molar refractivity (Wildman–Crippen MR) is 89.6 cm³/mol. The first-order valence-corrected chi connectivity index (χ1v) is 6.84. The van der Waals surface area contributed by atoms with Crippen molar-refractivity contribution in [2.75, 3.05) is 5.32 Å². The third-order valence-corrected chi connectivity index (χ3v) is 2.97. The first kappa shape index (κ1) is 14.5. The Morgan fingerprint density at radius 2 is 1.95 bits per heavy atom. The lowest BCUT2D eigenvalue weighted by molar-refractivity contribution is 1.05. The summed E-state index contributed by atoms with van der Waals surface area (Å²) >= 11 is 11.0. The summed E-state index contributed by atoms with van der Waals surface area (Å²) in [4.78, 5) is 0. The average Bonchev–Trinajstić information content (AvgIpc) is 2.41. The number of aryl methyl sites for hydroxylation is 1. The largest absolute Gasteiger partial charge is 0.331 e. The standard InChI is InChI=1S/C15H14ClN3S/c1-11-5-7-12(8-6-11)10-17-19-15(20)18-14-4-2-3-13(16)9-14/h2-10H,1H3,(H2,18,19,20). The van der Waals surface area contributed by atoms with Crippen LogP contribution < -0.4 is 10.7 Å². The average molecular weight is 304 g/mol. The molecule has 0 aliphatic carbocycles. The van der Waals surface area contributed by atoms with E-state index in [2.05, 4.69) is 15.8 Å². The van der Waals surface area contributed by atoms with E-state index in [4.69, 9.17) is 23.8 Å².